The van der Waals surface area contributed by atoms with Crippen molar-refractivity contribution in [2.75, 3.05) is 11.9 Å². The van der Waals surface area contributed by atoms with Crippen molar-refractivity contribution in [1.29, 1.82) is 0 Å². The number of rotatable bonds is 6. The Morgan fingerprint density at radius 3 is 2.59 bits per heavy atom. The van der Waals surface area contributed by atoms with Gasteiger partial charge in [0.25, 0.3) is 0 Å². The van der Waals surface area contributed by atoms with Crippen LogP contribution in [0.1, 0.15) is 28.7 Å². The first-order valence-electron chi connectivity index (χ1n) is 8.77. The lowest BCUT2D eigenvalue weighted by molar-refractivity contribution is 0.103. The van der Waals surface area contributed by atoms with E-state index in [-0.39, 0.29) is 18.2 Å². The highest BCUT2D eigenvalue weighted by atomic mass is 35.5. The molecule has 0 spiro atoms. The summed E-state index contributed by atoms with van der Waals surface area (Å²) in [5.41, 5.74) is 1.55. The summed E-state index contributed by atoms with van der Waals surface area (Å²) in [6.45, 7) is 2.87. The molecule has 2 aromatic carbocycles. The smallest absolute Gasteiger partial charge is 0.196 e. The molecule has 4 nitrogen and oxygen atoms in total. The molecule has 0 saturated carbocycles. The maximum Gasteiger partial charge on any atom is 0.196 e. The van der Waals surface area contributed by atoms with Crippen LogP contribution in [0.4, 0.5) is 5.69 Å². The fourth-order valence-electron chi connectivity index (χ4n) is 2.96. The lowest BCUT2D eigenvalue weighted by Crippen LogP contribution is -2.29. The van der Waals surface area contributed by atoms with Crippen molar-refractivity contribution < 1.29 is 4.79 Å². The van der Waals surface area contributed by atoms with Crippen LogP contribution in [-0.2, 0) is 13.0 Å². The Kier molecular flexibility index (Phi) is 8.23. The summed E-state index contributed by atoms with van der Waals surface area (Å²) in [4.78, 5) is 20.0. The van der Waals surface area contributed by atoms with E-state index >= 15 is 0 Å². The van der Waals surface area contributed by atoms with E-state index in [1.165, 1.54) is 0 Å². The summed E-state index contributed by atoms with van der Waals surface area (Å²) in [6.07, 6.45) is 4.18. The van der Waals surface area contributed by atoms with E-state index in [9.17, 15) is 4.79 Å². The van der Waals surface area contributed by atoms with Gasteiger partial charge in [-0.25, -0.2) is 4.98 Å². The highest BCUT2D eigenvalue weighted by molar-refractivity contribution is 7.80. The largest absolute Gasteiger partial charge is 0.338 e. The van der Waals surface area contributed by atoms with Crippen LogP contribution in [0, 0.1) is 0 Å². The van der Waals surface area contributed by atoms with Crippen LogP contribution in [-0.4, -0.2) is 27.4 Å². The normalized spacial score (nSPS) is 10.3. The molecule has 3 aromatic rings. The third-order valence-electron chi connectivity index (χ3n) is 4.51. The molecule has 1 heterocycles. The molecule has 0 atom stereocenters. The molecule has 0 fully saturated rings. The first kappa shape index (κ1) is 23.4. The molecule has 0 aliphatic heterocycles. The van der Waals surface area contributed by atoms with Crippen LogP contribution >= 0.6 is 47.8 Å². The Morgan fingerprint density at radius 2 is 1.90 bits per heavy atom. The van der Waals surface area contributed by atoms with E-state index in [1.54, 1.807) is 48.7 Å². The minimum atomic E-state index is -0.201. The predicted octanol–water partition coefficient (Wildman–Crippen LogP) is 5.87. The highest BCUT2D eigenvalue weighted by Crippen LogP contribution is 2.29. The molecule has 0 unspecified atom stereocenters. The highest BCUT2D eigenvalue weighted by Gasteiger charge is 2.21. The van der Waals surface area contributed by atoms with Gasteiger partial charge in [-0.2, -0.15) is 0 Å². The van der Waals surface area contributed by atoms with Gasteiger partial charge in [-0.1, -0.05) is 47.6 Å². The second-order valence-electron chi connectivity index (χ2n) is 6.23. The predicted molar refractivity (Wildman–Crippen MR) is 126 cm³/mol. The Bertz CT molecular complexity index is 1040. The Hall–Kier alpha value is -1.92. The molecule has 0 amide bonds. The molecule has 0 saturated heterocycles. The number of halogens is 3. The monoisotopic (exact) mass is 467 g/mol. The quantitative estimate of drug-likeness (QED) is 0.335. The molecular formula is C21H20Cl3N3OS. The molecule has 0 radical (unpaired) electrons. The average molecular weight is 469 g/mol. The summed E-state index contributed by atoms with van der Waals surface area (Å²) in [7, 11) is 1.84. The maximum absolute atomic E-state index is 13.2. The van der Waals surface area contributed by atoms with Gasteiger partial charge < -0.3 is 9.47 Å². The van der Waals surface area contributed by atoms with Crippen molar-refractivity contribution >= 4 is 64.3 Å². The molecule has 0 aliphatic carbocycles. The van der Waals surface area contributed by atoms with Gasteiger partial charge in [-0.15, -0.1) is 12.4 Å². The zero-order valence-corrected chi connectivity index (χ0v) is 19.1. The number of hydrogen-bond donors (Lipinski definition) is 0. The molecule has 0 bridgehead atoms. The van der Waals surface area contributed by atoms with Gasteiger partial charge in [0.05, 0.1) is 22.1 Å². The van der Waals surface area contributed by atoms with Crippen LogP contribution in [0.25, 0.3) is 0 Å². The third kappa shape index (κ3) is 5.17. The average Bonchev–Trinajstić information content (AvgIpc) is 3.14. The van der Waals surface area contributed by atoms with E-state index in [1.807, 2.05) is 22.7 Å². The molecule has 1 aromatic heterocycles. The maximum atomic E-state index is 13.2. The number of hydrogen-bond acceptors (Lipinski definition) is 3. The number of anilines is 1. The number of likely N-dealkylation sites (N-methyl/N-ethyl adjacent to an activating group) is 1. The van der Waals surface area contributed by atoms with Crippen molar-refractivity contribution in [2.45, 2.75) is 19.9 Å². The van der Waals surface area contributed by atoms with E-state index in [2.05, 4.69) is 11.9 Å². The van der Waals surface area contributed by atoms with Gasteiger partial charge in [0.2, 0.25) is 0 Å². The number of ketones is 1. The van der Waals surface area contributed by atoms with Crippen LogP contribution in [0.3, 0.4) is 0 Å². The number of thiocarbonyl (C=S) groups is 1. The minimum absolute atomic E-state index is 0. The lowest BCUT2D eigenvalue weighted by Gasteiger charge is -2.23. The number of carbonyl (C=O) groups is 1. The van der Waals surface area contributed by atoms with Gasteiger partial charge in [-0.05, 0) is 37.3 Å². The summed E-state index contributed by atoms with van der Waals surface area (Å²) in [5.74, 6) is 0.681. The molecule has 8 heteroatoms. The van der Waals surface area contributed by atoms with E-state index in [0.717, 1.165) is 12.4 Å². The minimum Gasteiger partial charge on any atom is -0.338 e. The SMILES string of the molecule is CCn1ccnc1CC(=S)N(C)c1ccc(Cl)cc1C(=O)c1ccccc1Cl.Cl. The summed E-state index contributed by atoms with van der Waals surface area (Å²) < 4.78 is 2.04. The molecule has 3 rings (SSSR count). The van der Waals surface area contributed by atoms with Gasteiger partial charge in [-0.3, -0.25) is 4.79 Å². The first-order valence-corrected chi connectivity index (χ1v) is 9.94. The summed E-state index contributed by atoms with van der Waals surface area (Å²) in [6, 6.07) is 12.1. The number of aromatic nitrogens is 2. The van der Waals surface area contributed by atoms with E-state index in [4.69, 9.17) is 35.4 Å². The fourth-order valence-corrected chi connectivity index (χ4v) is 3.58. The van der Waals surface area contributed by atoms with Crippen molar-refractivity contribution in [3.8, 4) is 0 Å². The van der Waals surface area contributed by atoms with Crippen LogP contribution in [0.5, 0.6) is 0 Å². The van der Waals surface area contributed by atoms with Crippen molar-refractivity contribution in [3.63, 3.8) is 0 Å². The van der Waals surface area contributed by atoms with Gasteiger partial charge in [0, 0.05) is 42.1 Å². The number of benzene rings is 2. The van der Waals surface area contributed by atoms with E-state index in [0.29, 0.717) is 38.3 Å². The Labute approximate surface area is 191 Å². The van der Waals surface area contributed by atoms with Crippen molar-refractivity contribution in [1.82, 2.24) is 9.55 Å². The number of carbonyl (C=O) groups excluding carboxylic acids is 1. The van der Waals surface area contributed by atoms with Gasteiger partial charge in [0.15, 0.2) is 5.78 Å². The van der Waals surface area contributed by atoms with Gasteiger partial charge >= 0.3 is 0 Å². The van der Waals surface area contributed by atoms with Gasteiger partial charge in [0.1, 0.15) is 5.82 Å². The zero-order chi connectivity index (χ0) is 20.3. The second kappa shape index (κ2) is 10.2. The Morgan fingerprint density at radius 1 is 1.17 bits per heavy atom. The number of imidazole rings is 1. The van der Waals surface area contributed by atoms with Crippen LogP contribution in [0.2, 0.25) is 10.0 Å². The van der Waals surface area contributed by atoms with E-state index < -0.39 is 0 Å². The Balaban J connectivity index is 0.00000300. The molecule has 0 aliphatic rings. The van der Waals surface area contributed by atoms with Crippen molar-refractivity contribution in [3.05, 3.63) is 81.9 Å². The number of nitrogens with zero attached hydrogens (tertiary/aromatic N) is 3. The second-order valence-corrected chi connectivity index (χ2v) is 7.54. The zero-order valence-electron chi connectivity index (χ0n) is 15.9. The topological polar surface area (TPSA) is 38.1 Å². The number of aryl methyl sites for hydroxylation is 1. The first-order chi connectivity index (χ1) is 13.4. The summed E-state index contributed by atoms with van der Waals surface area (Å²) >= 11 is 18.0. The fraction of sp³-hybridized carbons (Fsp3) is 0.190. The van der Waals surface area contributed by atoms with Crippen LogP contribution in [0.15, 0.2) is 54.9 Å². The summed E-state index contributed by atoms with van der Waals surface area (Å²) in [5, 5.41) is 0.869. The molecule has 0 N–H and O–H groups in total. The lowest BCUT2D eigenvalue weighted by atomic mass is 10.0. The molecular weight excluding hydrogens is 449 g/mol. The standard InChI is InChI=1S/C21H19Cl2N3OS.ClH/c1-3-26-11-10-24-19(26)13-20(28)25(2)18-9-8-14(22)12-16(18)21(27)15-6-4-5-7-17(15)23;/h4-12H,3,13H2,1-2H3;1H. The van der Waals surface area contributed by atoms with Crippen molar-refractivity contribution in [2.24, 2.45) is 0 Å². The molecule has 152 valence electrons. The third-order valence-corrected chi connectivity index (χ3v) is 5.49. The van der Waals surface area contributed by atoms with Crippen LogP contribution < -0.4 is 4.90 Å². The molecule has 29 heavy (non-hydrogen) atoms.